The van der Waals surface area contributed by atoms with Crippen molar-refractivity contribution in [2.45, 2.75) is 31.6 Å². The number of H-pyrrole nitrogens is 1. The molecule has 0 radical (unpaired) electrons. The molecule has 0 aliphatic carbocycles. The summed E-state index contributed by atoms with van der Waals surface area (Å²) in [6.45, 7) is 2.02. The van der Waals surface area contributed by atoms with Gasteiger partial charge < -0.3 is 9.55 Å². The van der Waals surface area contributed by atoms with Crippen LogP contribution in [0.3, 0.4) is 0 Å². The van der Waals surface area contributed by atoms with Crippen LogP contribution in [-0.4, -0.2) is 29.0 Å². The molecule has 1 aliphatic heterocycles. The summed E-state index contributed by atoms with van der Waals surface area (Å²) in [6.07, 6.45) is 1.37. The summed E-state index contributed by atoms with van der Waals surface area (Å²) >= 11 is 5.24. The summed E-state index contributed by atoms with van der Waals surface area (Å²) in [7, 11) is -3.02. The van der Waals surface area contributed by atoms with Gasteiger partial charge in [-0.3, -0.25) is 0 Å². The minimum absolute atomic E-state index is 0.251. The normalized spacial score (nSPS) is 21.6. The predicted octanol–water partition coefficient (Wildman–Crippen LogP) is 2.72. The topological polar surface area (TPSA) is 54.9 Å². The van der Waals surface area contributed by atoms with Gasteiger partial charge in [-0.05, 0) is 49.7 Å². The van der Waals surface area contributed by atoms with Crippen molar-refractivity contribution in [2.75, 3.05) is 5.75 Å². The Bertz CT molecular complexity index is 836. The van der Waals surface area contributed by atoms with Gasteiger partial charge in [0.2, 0.25) is 0 Å². The Morgan fingerprint density at radius 2 is 2.25 bits per heavy atom. The van der Waals surface area contributed by atoms with E-state index in [0.717, 1.165) is 5.52 Å². The Labute approximate surface area is 121 Å². The van der Waals surface area contributed by atoms with E-state index in [0.29, 0.717) is 35.2 Å². The number of fused-ring (bicyclic) bond motifs is 1. The SMILES string of the molecule is Cc1cc2c(cc1F)[nH]c(=S)n2CC1CCCS1(=O)=O. The maximum absolute atomic E-state index is 13.6. The van der Waals surface area contributed by atoms with Crippen molar-refractivity contribution in [3.63, 3.8) is 0 Å². The van der Waals surface area contributed by atoms with Crippen molar-refractivity contribution >= 4 is 33.1 Å². The lowest BCUT2D eigenvalue weighted by atomic mass is 10.2. The van der Waals surface area contributed by atoms with Gasteiger partial charge in [-0.25, -0.2) is 12.8 Å². The molecule has 20 heavy (non-hydrogen) atoms. The standard InChI is InChI=1S/C13H15FN2O2S2/c1-8-5-12-11(6-10(8)14)15-13(19)16(12)7-9-3-2-4-20(9,17)18/h5-6,9H,2-4,7H2,1H3,(H,15,19). The van der Waals surface area contributed by atoms with E-state index in [9.17, 15) is 12.8 Å². The molecule has 2 aromatic rings. The molecule has 7 heteroatoms. The zero-order valence-corrected chi connectivity index (χ0v) is 12.7. The molecule has 1 N–H and O–H groups in total. The summed E-state index contributed by atoms with van der Waals surface area (Å²) in [5, 5.41) is -0.390. The second kappa shape index (κ2) is 4.66. The first kappa shape index (κ1) is 13.8. The van der Waals surface area contributed by atoms with Gasteiger partial charge in [0.15, 0.2) is 14.6 Å². The summed E-state index contributed by atoms with van der Waals surface area (Å²) in [5.74, 6) is -0.0459. The average molecular weight is 314 g/mol. The summed E-state index contributed by atoms with van der Waals surface area (Å²) in [4.78, 5) is 2.94. The van der Waals surface area contributed by atoms with Crippen LogP contribution >= 0.6 is 12.2 Å². The second-order valence-electron chi connectivity index (χ2n) is 5.29. The number of halogens is 1. The van der Waals surface area contributed by atoms with Gasteiger partial charge in [0.25, 0.3) is 0 Å². The van der Waals surface area contributed by atoms with Gasteiger partial charge in [-0.2, -0.15) is 0 Å². The number of nitrogens with zero attached hydrogens (tertiary/aromatic N) is 1. The van der Waals surface area contributed by atoms with Gasteiger partial charge in [0, 0.05) is 6.54 Å². The minimum Gasteiger partial charge on any atom is -0.330 e. The number of rotatable bonds is 2. The lowest BCUT2D eigenvalue weighted by Crippen LogP contribution is -2.22. The molecule has 0 spiro atoms. The third-order valence-electron chi connectivity index (χ3n) is 3.90. The summed E-state index contributed by atoms with van der Waals surface area (Å²) < 4.78 is 39.6. The highest BCUT2D eigenvalue weighted by molar-refractivity contribution is 7.92. The number of sulfone groups is 1. The number of imidazole rings is 1. The van der Waals surface area contributed by atoms with Crippen molar-refractivity contribution in [1.82, 2.24) is 9.55 Å². The van der Waals surface area contributed by atoms with Gasteiger partial charge in [0.1, 0.15) is 5.82 Å². The Kier molecular flexibility index (Phi) is 3.21. The van der Waals surface area contributed by atoms with Gasteiger partial charge >= 0.3 is 0 Å². The van der Waals surface area contributed by atoms with E-state index < -0.39 is 15.1 Å². The average Bonchev–Trinajstić information content (AvgIpc) is 2.83. The fourth-order valence-electron chi connectivity index (χ4n) is 2.73. The van der Waals surface area contributed by atoms with Gasteiger partial charge in [-0.15, -0.1) is 0 Å². The smallest absolute Gasteiger partial charge is 0.178 e. The molecule has 1 aromatic carbocycles. The van der Waals surface area contributed by atoms with E-state index in [1.807, 2.05) is 0 Å². The lowest BCUT2D eigenvalue weighted by Gasteiger charge is -2.11. The largest absolute Gasteiger partial charge is 0.330 e. The fraction of sp³-hybridized carbons (Fsp3) is 0.462. The van der Waals surface area contributed by atoms with Crippen molar-refractivity contribution in [3.05, 3.63) is 28.3 Å². The van der Waals surface area contributed by atoms with Crippen LogP contribution in [-0.2, 0) is 16.4 Å². The van der Waals surface area contributed by atoms with Gasteiger partial charge in [0.05, 0.1) is 22.0 Å². The molecule has 1 saturated heterocycles. The van der Waals surface area contributed by atoms with Crippen molar-refractivity contribution < 1.29 is 12.8 Å². The highest BCUT2D eigenvalue weighted by Gasteiger charge is 2.32. The number of aromatic amines is 1. The van der Waals surface area contributed by atoms with E-state index in [4.69, 9.17) is 12.2 Å². The maximum Gasteiger partial charge on any atom is 0.178 e. The Morgan fingerprint density at radius 1 is 1.50 bits per heavy atom. The molecule has 3 rings (SSSR count). The first-order chi connectivity index (χ1) is 9.38. The number of hydrogen-bond acceptors (Lipinski definition) is 3. The highest BCUT2D eigenvalue weighted by atomic mass is 32.2. The fourth-order valence-corrected chi connectivity index (χ4v) is 4.82. The van der Waals surface area contributed by atoms with Crippen LogP contribution in [0, 0.1) is 17.5 Å². The summed E-state index contributed by atoms with van der Waals surface area (Å²) in [5.41, 5.74) is 1.89. The Hall–Kier alpha value is -1.21. The number of hydrogen-bond donors (Lipinski definition) is 1. The molecule has 4 nitrogen and oxygen atoms in total. The van der Waals surface area contributed by atoms with Crippen LogP contribution in [0.4, 0.5) is 4.39 Å². The van der Waals surface area contributed by atoms with Crippen LogP contribution in [0.2, 0.25) is 0 Å². The van der Waals surface area contributed by atoms with Crippen LogP contribution in [0.25, 0.3) is 11.0 Å². The van der Waals surface area contributed by atoms with E-state index in [1.54, 1.807) is 17.6 Å². The maximum atomic E-state index is 13.6. The monoisotopic (exact) mass is 314 g/mol. The first-order valence-electron chi connectivity index (χ1n) is 6.49. The molecule has 1 fully saturated rings. The van der Waals surface area contributed by atoms with Crippen LogP contribution in [0.5, 0.6) is 0 Å². The number of benzene rings is 1. The number of aryl methyl sites for hydroxylation is 1. The lowest BCUT2D eigenvalue weighted by molar-refractivity contribution is 0.568. The van der Waals surface area contributed by atoms with E-state index >= 15 is 0 Å². The van der Waals surface area contributed by atoms with E-state index in [2.05, 4.69) is 4.98 Å². The molecule has 1 aromatic heterocycles. The first-order valence-corrected chi connectivity index (χ1v) is 8.61. The van der Waals surface area contributed by atoms with E-state index in [1.165, 1.54) is 6.07 Å². The third kappa shape index (κ3) is 2.18. The molecule has 0 saturated carbocycles. The molecule has 1 unspecified atom stereocenters. The van der Waals surface area contributed by atoms with Gasteiger partial charge in [-0.1, -0.05) is 0 Å². The third-order valence-corrected chi connectivity index (χ3v) is 6.48. The Morgan fingerprint density at radius 3 is 2.90 bits per heavy atom. The molecule has 2 heterocycles. The molecule has 1 aliphatic rings. The zero-order valence-electron chi connectivity index (χ0n) is 11.0. The predicted molar refractivity (Wildman–Crippen MR) is 78.6 cm³/mol. The minimum atomic E-state index is -3.02. The quantitative estimate of drug-likeness (QED) is 0.867. The molecule has 1 atom stereocenters. The molecular formula is C13H15FN2O2S2. The zero-order chi connectivity index (χ0) is 14.5. The molecular weight excluding hydrogens is 299 g/mol. The van der Waals surface area contributed by atoms with Crippen molar-refractivity contribution in [1.29, 1.82) is 0 Å². The van der Waals surface area contributed by atoms with Crippen LogP contribution < -0.4 is 0 Å². The van der Waals surface area contributed by atoms with Crippen LogP contribution in [0.1, 0.15) is 18.4 Å². The Balaban J connectivity index is 2.10. The molecule has 0 bridgehead atoms. The number of nitrogens with one attached hydrogen (secondary N) is 1. The molecule has 108 valence electrons. The summed E-state index contributed by atoms with van der Waals surface area (Å²) in [6, 6.07) is 3.11. The highest BCUT2D eigenvalue weighted by Crippen LogP contribution is 2.25. The number of aromatic nitrogens is 2. The second-order valence-corrected chi connectivity index (χ2v) is 8.08. The van der Waals surface area contributed by atoms with Crippen molar-refractivity contribution in [3.8, 4) is 0 Å². The van der Waals surface area contributed by atoms with Crippen LogP contribution in [0.15, 0.2) is 12.1 Å². The molecule has 0 amide bonds. The van der Waals surface area contributed by atoms with E-state index in [-0.39, 0.29) is 11.6 Å². The van der Waals surface area contributed by atoms with Crippen molar-refractivity contribution in [2.24, 2.45) is 0 Å².